The van der Waals surface area contributed by atoms with E-state index in [4.69, 9.17) is 0 Å². The van der Waals surface area contributed by atoms with Crippen molar-refractivity contribution in [3.8, 4) is 11.1 Å². The number of nitrogens with one attached hydrogen (secondary N) is 2. The van der Waals surface area contributed by atoms with Crippen molar-refractivity contribution < 1.29 is 4.79 Å². The maximum atomic E-state index is 13.2. The van der Waals surface area contributed by atoms with Crippen LogP contribution in [0.25, 0.3) is 32.8 Å². The maximum Gasteiger partial charge on any atom is 0.252 e. The van der Waals surface area contributed by atoms with Crippen molar-refractivity contribution in [3.63, 3.8) is 0 Å². The fourth-order valence-electron chi connectivity index (χ4n) is 6.15. The number of aromatic nitrogens is 4. The molecule has 7 rings (SSSR count). The molecule has 1 atom stereocenters. The Hall–Kier alpha value is -4.26. The number of carbonyl (C=O) groups excluding carboxylic acids is 1. The molecule has 2 aliphatic rings. The number of aryl methyl sites for hydroxylation is 1. The lowest BCUT2D eigenvalue weighted by Crippen LogP contribution is -2.12. The molecule has 0 saturated heterocycles. The summed E-state index contributed by atoms with van der Waals surface area (Å²) in [6, 6.07) is 12.6. The summed E-state index contributed by atoms with van der Waals surface area (Å²) in [5.74, 6) is 1.34. The number of rotatable bonds is 4. The monoisotopic (exact) mass is 474 g/mol. The molecule has 3 heterocycles. The van der Waals surface area contributed by atoms with Crippen LogP contribution in [0.15, 0.2) is 55.0 Å². The highest BCUT2D eigenvalue weighted by molar-refractivity contribution is 6.22. The highest BCUT2D eigenvalue weighted by Crippen LogP contribution is 2.54. The highest BCUT2D eigenvalue weighted by Gasteiger charge is 2.38. The third kappa shape index (κ3) is 2.98. The SMILES string of the molecule is CC(C)CC1c2ccc(Nc3ncccn3)cc2-c2c3c(c4c(ccc5nn(C)cc54)c21)C(=O)NC3. The minimum Gasteiger partial charge on any atom is -0.348 e. The lowest BCUT2D eigenvalue weighted by molar-refractivity contribution is 0.0967. The molecule has 1 amide bonds. The normalized spacial score (nSPS) is 15.9. The molecule has 5 aromatic rings. The molecule has 1 unspecified atom stereocenters. The molecule has 2 N–H and O–H groups in total. The van der Waals surface area contributed by atoms with E-state index in [-0.39, 0.29) is 11.8 Å². The molecule has 0 saturated carbocycles. The van der Waals surface area contributed by atoms with Crippen molar-refractivity contribution in [1.29, 1.82) is 0 Å². The van der Waals surface area contributed by atoms with E-state index in [1.54, 1.807) is 18.5 Å². The van der Waals surface area contributed by atoms with Crippen molar-refractivity contribution in [2.75, 3.05) is 5.32 Å². The Morgan fingerprint density at radius 3 is 2.75 bits per heavy atom. The Labute approximate surface area is 208 Å². The van der Waals surface area contributed by atoms with E-state index in [0.29, 0.717) is 18.4 Å². The van der Waals surface area contributed by atoms with Crippen LogP contribution in [-0.2, 0) is 13.6 Å². The number of benzene rings is 3. The molecule has 1 aliphatic carbocycles. The van der Waals surface area contributed by atoms with Crippen molar-refractivity contribution in [2.24, 2.45) is 13.0 Å². The van der Waals surface area contributed by atoms with Crippen molar-refractivity contribution >= 4 is 39.2 Å². The summed E-state index contributed by atoms with van der Waals surface area (Å²) in [5.41, 5.74) is 8.79. The average Bonchev–Trinajstić information content (AvgIpc) is 3.52. The summed E-state index contributed by atoms with van der Waals surface area (Å²) < 4.78 is 1.83. The molecular formula is C29H26N6O. The van der Waals surface area contributed by atoms with Crippen molar-refractivity contribution in [3.05, 3.63) is 77.2 Å². The van der Waals surface area contributed by atoms with E-state index >= 15 is 0 Å². The number of fused-ring (bicyclic) bond motifs is 10. The molecule has 7 heteroatoms. The Kier molecular flexibility index (Phi) is 4.46. The summed E-state index contributed by atoms with van der Waals surface area (Å²) >= 11 is 0. The van der Waals surface area contributed by atoms with Gasteiger partial charge in [0.15, 0.2) is 0 Å². The molecule has 36 heavy (non-hydrogen) atoms. The molecular weight excluding hydrogens is 448 g/mol. The van der Waals surface area contributed by atoms with Crippen LogP contribution in [0, 0.1) is 5.92 Å². The van der Waals surface area contributed by atoms with Gasteiger partial charge in [0.05, 0.1) is 11.1 Å². The summed E-state index contributed by atoms with van der Waals surface area (Å²) in [6.45, 7) is 5.09. The summed E-state index contributed by atoms with van der Waals surface area (Å²) in [7, 11) is 1.93. The molecule has 0 spiro atoms. The fourth-order valence-corrected chi connectivity index (χ4v) is 6.15. The fraction of sp³-hybridized carbons (Fsp3) is 0.241. The predicted molar refractivity (Wildman–Crippen MR) is 141 cm³/mol. The van der Waals surface area contributed by atoms with Crippen LogP contribution >= 0.6 is 0 Å². The van der Waals surface area contributed by atoms with Gasteiger partial charge in [-0.3, -0.25) is 9.48 Å². The van der Waals surface area contributed by atoms with Crippen molar-refractivity contribution in [1.82, 2.24) is 25.1 Å². The molecule has 3 aromatic carbocycles. The van der Waals surface area contributed by atoms with Crippen LogP contribution in [0.3, 0.4) is 0 Å². The first-order chi connectivity index (χ1) is 17.5. The van der Waals surface area contributed by atoms with Crippen LogP contribution in [0.2, 0.25) is 0 Å². The molecule has 7 nitrogen and oxygen atoms in total. The number of amides is 1. The van der Waals surface area contributed by atoms with E-state index in [1.807, 2.05) is 17.9 Å². The van der Waals surface area contributed by atoms with Gasteiger partial charge in [-0.05, 0) is 69.8 Å². The predicted octanol–water partition coefficient (Wildman–Crippen LogP) is 5.66. The van der Waals surface area contributed by atoms with Gasteiger partial charge < -0.3 is 10.6 Å². The second-order valence-electron chi connectivity index (χ2n) is 10.2. The van der Waals surface area contributed by atoms with E-state index < -0.39 is 0 Å². The van der Waals surface area contributed by atoms with E-state index in [2.05, 4.69) is 69.9 Å². The zero-order valence-corrected chi connectivity index (χ0v) is 20.5. The number of hydrogen-bond donors (Lipinski definition) is 2. The van der Waals surface area contributed by atoms with E-state index in [9.17, 15) is 4.79 Å². The third-order valence-electron chi connectivity index (χ3n) is 7.45. The lowest BCUT2D eigenvalue weighted by Gasteiger charge is -2.19. The molecule has 2 aromatic heterocycles. The lowest BCUT2D eigenvalue weighted by atomic mass is 9.83. The van der Waals surface area contributed by atoms with Crippen LogP contribution in [0.1, 0.15) is 53.2 Å². The smallest absolute Gasteiger partial charge is 0.252 e. The average molecular weight is 475 g/mol. The minimum atomic E-state index is -0.00465. The molecule has 1 aliphatic heterocycles. The van der Waals surface area contributed by atoms with Gasteiger partial charge in [-0.25, -0.2) is 9.97 Å². The second-order valence-corrected chi connectivity index (χ2v) is 10.2. The van der Waals surface area contributed by atoms with E-state index in [0.717, 1.165) is 44.9 Å². The van der Waals surface area contributed by atoms with Gasteiger partial charge >= 0.3 is 0 Å². The first kappa shape index (κ1) is 21.1. The largest absolute Gasteiger partial charge is 0.348 e. The van der Waals surface area contributed by atoms with Crippen LogP contribution in [-0.4, -0.2) is 25.7 Å². The van der Waals surface area contributed by atoms with Gasteiger partial charge in [-0.15, -0.1) is 0 Å². The number of carbonyl (C=O) groups is 1. The Bertz CT molecular complexity index is 1700. The Morgan fingerprint density at radius 1 is 1.11 bits per heavy atom. The quantitative estimate of drug-likeness (QED) is 0.351. The number of hydrogen-bond acceptors (Lipinski definition) is 5. The first-order valence-electron chi connectivity index (χ1n) is 12.4. The second kappa shape index (κ2) is 7.62. The maximum absolute atomic E-state index is 13.2. The molecule has 0 bridgehead atoms. The van der Waals surface area contributed by atoms with Gasteiger partial charge in [-0.1, -0.05) is 26.0 Å². The Balaban J connectivity index is 1.54. The highest BCUT2D eigenvalue weighted by atomic mass is 16.1. The summed E-state index contributed by atoms with van der Waals surface area (Å²) in [4.78, 5) is 21.9. The first-order valence-corrected chi connectivity index (χ1v) is 12.4. The van der Waals surface area contributed by atoms with Crippen LogP contribution < -0.4 is 10.6 Å². The summed E-state index contributed by atoms with van der Waals surface area (Å²) in [6.07, 6.45) is 6.53. The van der Waals surface area contributed by atoms with Gasteiger partial charge in [0.1, 0.15) is 0 Å². The van der Waals surface area contributed by atoms with E-state index in [1.165, 1.54) is 22.3 Å². The zero-order chi connectivity index (χ0) is 24.6. The minimum absolute atomic E-state index is 0.00465. The standard InChI is InChI=1S/C29H26N6O/c1-15(2)11-19-17-6-5-16(33-29-30-9-4-10-31-29)12-20(17)26-21-13-32-28(36)27(21)25-18(24(19)26)7-8-23-22(25)14-35(3)34-23/h4-10,12,14-15,19H,11,13H2,1-3H3,(H,32,36)(H,30,31,33). The zero-order valence-electron chi connectivity index (χ0n) is 20.5. The van der Waals surface area contributed by atoms with Crippen LogP contribution in [0.5, 0.6) is 0 Å². The number of anilines is 2. The Morgan fingerprint density at radius 2 is 1.94 bits per heavy atom. The summed E-state index contributed by atoms with van der Waals surface area (Å²) in [5, 5.41) is 14.3. The number of nitrogens with zero attached hydrogens (tertiary/aromatic N) is 4. The molecule has 0 radical (unpaired) electrons. The van der Waals surface area contributed by atoms with Gasteiger partial charge in [-0.2, -0.15) is 5.10 Å². The van der Waals surface area contributed by atoms with Gasteiger partial charge in [0.25, 0.3) is 5.91 Å². The van der Waals surface area contributed by atoms with Gasteiger partial charge in [0.2, 0.25) is 5.95 Å². The van der Waals surface area contributed by atoms with Gasteiger partial charge in [0, 0.05) is 54.6 Å². The molecule has 0 fully saturated rings. The third-order valence-corrected chi connectivity index (χ3v) is 7.45. The molecule has 178 valence electrons. The van der Waals surface area contributed by atoms with Crippen LogP contribution in [0.4, 0.5) is 11.6 Å². The topological polar surface area (TPSA) is 84.7 Å². The van der Waals surface area contributed by atoms with Crippen molar-refractivity contribution in [2.45, 2.75) is 32.7 Å².